The van der Waals surface area contributed by atoms with E-state index in [4.69, 9.17) is 14.2 Å². The topological polar surface area (TPSA) is 86.2 Å². The van der Waals surface area contributed by atoms with Crippen LogP contribution in [0.15, 0.2) is 71.8 Å². The number of benzene rings is 3. The average Bonchev–Trinajstić information content (AvgIpc) is 2.79. The van der Waals surface area contributed by atoms with Crippen LogP contribution in [0.2, 0.25) is 0 Å². The third-order valence-corrected chi connectivity index (χ3v) is 4.38. The maximum atomic E-state index is 12.4. The number of aryl methyl sites for hydroxylation is 1. The average molecular weight is 418 g/mol. The molecule has 0 saturated heterocycles. The second kappa shape index (κ2) is 10.1. The van der Waals surface area contributed by atoms with E-state index in [0.29, 0.717) is 28.2 Å². The Morgan fingerprint density at radius 3 is 2.32 bits per heavy atom. The molecule has 0 saturated carbocycles. The predicted octanol–water partition coefficient (Wildman–Crippen LogP) is 4.00. The third-order valence-electron chi connectivity index (χ3n) is 4.38. The number of carbonyl (C=O) groups excluding carboxylic acids is 2. The highest BCUT2D eigenvalue weighted by atomic mass is 16.6. The Morgan fingerprint density at radius 1 is 0.871 bits per heavy atom. The van der Waals surface area contributed by atoms with E-state index in [2.05, 4.69) is 10.5 Å². The normalized spacial score (nSPS) is 10.5. The third kappa shape index (κ3) is 5.48. The Kier molecular flexibility index (Phi) is 7.01. The molecule has 0 heterocycles. The molecule has 1 amide bonds. The van der Waals surface area contributed by atoms with Crippen molar-refractivity contribution in [3.05, 3.63) is 89.0 Å². The molecule has 0 aliphatic rings. The lowest BCUT2D eigenvalue weighted by molar-refractivity contribution is 0.0729. The van der Waals surface area contributed by atoms with Crippen molar-refractivity contribution in [2.45, 2.75) is 6.92 Å². The molecule has 0 radical (unpaired) electrons. The van der Waals surface area contributed by atoms with Crippen LogP contribution in [0.4, 0.5) is 0 Å². The van der Waals surface area contributed by atoms with Crippen molar-refractivity contribution >= 4 is 18.1 Å². The number of methoxy groups -OCH3 is 2. The first-order valence-electron chi connectivity index (χ1n) is 9.45. The molecule has 3 rings (SSSR count). The van der Waals surface area contributed by atoms with Gasteiger partial charge in [-0.2, -0.15) is 5.10 Å². The summed E-state index contributed by atoms with van der Waals surface area (Å²) in [5, 5.41) is 3.99. The Bertz CT molecular complexity index is 1110. The number of hydrogen-bond acceptors (Lipinski definition) is 6. The molecule has 31 heavy (non-hydrogen) atoms. The van der Waals surface area contributed by atoms with Gasteiger partial charge in [-0.05, 0) is 60.5 Å². The quantitative estimate of drug-likeness (QED) is 0.271. The molecule has 0 unspecified atom stereocenters. The van der Waals surface area contributed by atoms with E-state index in [1.165, 1.54) is 20.4 Å². The minimum Gasteiger partial charge on any atom is -0.496 e. The van der Waals surface area contributed by atoms with Crippen molar-refractivity contribution in [2.75, 3.05) is 14.2 Å². The fourth-order valence-electron chi connectivity index (χ4n) is 2.80. The number of hydrazone groups is 1. The van der Waals surface area contributed by atoms with Crippen molar-refractivity contribution < 1.29 is 23.8 Å². The van der Waals surface area contributed by atoms with Gasteiger partial charge in [0.15, 0.2) is 11.5 Å². The van der Waals surface area contributed by atoms with Gasteiger partial charge in [-0.3, -0.25) is 4.79 Å². The summed E-state index contributed by atoms with van der Waals surface area (Å²) < 4.78 is 16.0. The molecule has 0 atom stereocenters. The van der Waals surface area contributed by atoms with Crippen LogP contribution in [0.25, 0.3) is 0 Å². The first kappa shape index (κ1) is 21.6. The summed E-state index contributed by atoms with van der Waals surface area (Å²) in [6.45, 7) is 1.91. The number of hydrogen-bond donors (Lipinski definition) is 1. The minimum absolute atomic E-state index is 0.242. The Labute approximate surface area is 180 Å². The smallest absolute Gasteiger partial charge is 0.343 e. The van der Waals surface area contributed by atoms with Crippen LogP contribution in [0, 0.1) is 6.92 Å². The van der Waals surface area contributed by atoms with E-state index in [9.17, 15) is 9.59 Å². The minimum atomic E-state index is -0.507. The van der Waals surface area contributed by atoms with E-state index in [-0.39, 0.29) is 5.75 Å². The largest absolute Gasteiger partial charge is 0.496 e. The number of nitrogens with zero attached hydrogens (tertiary/aromatic N) is 1. The summed E-state index contributed by atoms with van der Waals surface area (Å²) in [4.78, 5) is 24.8. The highest BCUT2D eigenvalue weighted by molar-refractivity contribution is 5.97. The van der Waals surface area contributed by atoms with Crippen LogP contribution in [-0.4, -0.2) is 32.3 Å². The Morgan fingerprint density at radius 2 is 1.61 bits per heavy atom. The molecule has 7 nitrogen and oxygen atoms in total. The molecule has 0 aliphatic heterocycles. The summed E-state index contributed by atoms with van der Waals surface area (Å²) in [6.07, 6.45) is 1.44. The highest BCUT2D eigenvalue weighted by Gasteiger charge is 2.13. The van der Waals surface area contributed by atoms with Gasteiger partial charge in [0.25, 0.3) is 5.91 Å². The summed E-state index contributed by atoms with van der Waals surface area (Å²) >= 11 is 0. The fraction of sp³-hybridized carbons (Fsp3) is 0.125. The Balaban J connectivity index is 1.73. The molecule has 7 heteroatoms. The van der Waals surface area contributed by atoms with Crippen molar-refractivity contribution in [3.63, 3.8) is 0 Å². The highest BCUT2D eigenvalue weighted by Crippen LogP contribution is 2.28. The fourth-order valence-corrected chi connectivity index (χ4v) is 2.80. The number of rotatable bonds is 7. The summed E-state index contributed by atoms with van der Waals surface area (Å²) in [5.41, 5.74) is 4.84. The molecule has 0 aromatic heterocycles. The lowest BCUT2D eigenvalue weighted by Crippen LogP contribution is -2.18. The molecule has 3 aromatic carbocycles. The van der Waals surface area contributed by atoms with Crippen LogP contribution < -0.4 is 19.6 Å². The van der Waals surface area contributed by atoms with Crippen molar-refractivity contribution in [1.82, 2.24) is 5.43 Å². The Hall–Kier alpha value is -4.13. The van der Waals surface area contributed by atoms with Gasteiger partial charge in [0.05, 0.1) is 31.6 Å². The molecule has 1 N–H and O–H groups in total. The maximum absolute atomic E-state index is 12.4. The molecular formula is C24H22N2O5. The van der Waals surface area contributed by atoms with E-state index >= 15 is 0 Å². The van der Waals surface area contributed by atoms with Crippen molar-refractivity contribution in [3.8, 4) is 17.2 Å². The van der Waals surface area contributed by atoms with Gasteiger partial charge in [-0.1, -0.05) is 24.3 Å². The number of ether oxygens (including phenoxy) is 3. The molecule has 0 fully saturated rings. The van der Waals surface area contributed by atoms with E-state index in [1.807, 2.05) is 19.1 Å². The number of amides is 1. The van der Waals surface area contributed by atoms with Crippen LogP contribution in [0.1, 0.15) is 31.8 Å². The van der Waals surface area contributed by atoms with Crippen LogP contribution in [0.3, 0.4) is 0 Å². The van der Waals surface area contributed by atoms with Gasteiger partial charge >= 0.3 is 5.97 Å². The first-order valence-corrected chi connectivity index (χ1v) is 9.45. The molecular weight excluding hydrogens is 396 g/mol. The summed E-state index contributed by atoms with van der Waals surface area (Å²) in [5.74, 6) is 0.194. The lowest BCUT2D eigenvalue weighted by Gasteiger charge is -2.10. The monoisotopic (exact) mass is 418 g/mol. The zero-order valence-corrected chi connectivity index (χ0v) is 17.4. The number of nitrogens with one attached hydrogen (secondary N) is 1. The van der Waals surface area contributed by atoms with E-state index in [1.54, 1.807) is 54.6 Å². The van der Waals surface area contributed by atoms with Gasteiger partial charge in [0.1, 0.15) is 5.75 Å². The summed E-state index contributed by atoms with van der Waals surface area (Å²) in [7, 11) is 2.99. The second-order valence-electron chi connectivity index (χ2n) is 6.57. The molecule has 3 aromatic rings. The first-order chi connectivity index (χ1) is 15.0. The number of esters is 1. The van der Waals surface area contributed by atoms with Gasteiger partial charge in [0, 0.05) is 0 Å². The van der Waals surface area contributed by atoms with E-state index in [0.717, 1.165) is 5.56 Å². The number of carbonyl (C=O) groups is 2. The zero-order chi connectivity index (χ0) is 22.2. The summed E-state index contributed by atoms with van der Waals surface area (Å²) in [6, 6.07) is 18.9. The second-order valence-corrected chi connectivity index (χ2v) is 6.57. The maximum Gasteiger partial charge on any atom is 0.343 e. The molecule has 0 aliphatic carbocycles. The van der Waals surface area contributed by atoms with E-state index < -0.39 is 11.9 Å². The SMILES string of the molecule is COc1ccc(/C=N\NC(=O)c2ccc(C)cc2OC)cc1OC(=O)c1ccccc1. The lowest BCUT2D eigenvalue weighted by atomic mass is 10.1. The van der Waals surface area contributed by atoms with Gasteiger partial charge in [-0.25, -0.2) is 10.2 Å². The standard InChI is InChI=1S/C24H22N2O5/c1-16-9-11-19(21(13-16)30-3)23(27)26-25-15-17-10-12-20(29-2)22(14-17)31-24(28)18-7-5-4-6-8-18/h4-15H,1-3H3,(H,26,27)/b25-15-. The molecule has 0 bridgehead atoms. The predicted molar refractivity (Wildman–Crippen MR) is 117 cm³/mol. The molecule has 0 spiro atoms. The van der Waals surface area contributed by atoms with Crippen molar-refractivity contribution in [1.29, 1.82) is 0 Å². The van der Waals surface area contributed by atoms with Crippen LogP contribution >= 0.6 is 0 Å². The van der Waals surface area contributed by atoms with Crippen molar-refractivity contribution in [2.24, 2.45) is 5.10 Å². The van der Waals surface area contributed by atoms with Crippen LogP contribution in [0.5, 0.6) is 17.2 Å². The van der Waals surface area contributed by atoms with Gasteiger partial charge in [0.2, 0.25) is 0 Å². The van der Waals surface area contributed by atoms with Gasteiger partial charge < -0.3 is 14.2 Å². The van der Waals surface area contributed by atoms with Crippen LogP contribution in [-0.2, 0) is 0 Å². The zero-order valence-electron chi connectivity index (χ0n) is 17.4. The molecule has 158 valence electrons. The van der Waals surface area contributed by atoms with Gasteiger partial charge in [-0.15, -0.1) is 0 Å².